The van der Waals surface area contributed by atoms with Gasteiger partial charge in [-0.1, -0.05) is 12.1 Å². The van der Waals surface area contributed by atoms with Crippen LogP contribution in [-0.2, 0) is 20.1 Å². The Morgan fingerprint density at radius 1 is 1.04 bits per heavy atom. The highest BCUT2D eigenvalue weighted by Crippen LogP contribution is 2.32. The molecule has 1 aromatic carbocycles. The van der Waals surface area contributed by atoms with Gasteiger partial charge in [0.15, 0.2) is 0 Å². The summed E-state index contributed by atoms with van der Waals surface area (Å²) in [5, 5.41) is 4.25. The van der Waals surface area contributed by atoms with Crippen molar-refractivity contribution >= 4 is 0 Å². The second kappa shape index (κ2) is 6.06. The topological polar surface area (TPSA) is 24.3 Å². The fraction of sp³-hybridized carbons (Fsp3) is 0.500. The smallest absolute Gasteiger partial charge is 0.123 e. The van der Waals surface area contributed by atoms with Crippen LogP contribution in [0.15, 0.2) is 36.7 Å². The standard InChI is InChI=1S/C18H23FN4/c1-21-7-15(6-20-21)9-23-12-16-10-22(11-17(16)13-23)8-14-3-2-4-18(19)5-14/h2-7,16-17H,8-13H2,1H3/t16-,17+. The van der Waals surface area contributed by atoms with Gasteiger partial charge in [0.25, 0.3) is 0 Å². The van der Waals surface area contributed by atoms with Gasteiger partial charge in [-0.2, -0.15) is 5.10 Å². The molecule has 23 heavy (non-hydrogen) atoms. The molecule has 0 aliphatic carbocycles. The van der Waals surface area contributed by atoms with Gasteiger partial charge in [-0.3, -0.25) is 14.5 Å². The number of fused-ring (bicyclic) bond motifs is 1. The maximum atomic E-state index is 13.3. The van der Waals surface area contributed by atoms with Crippen LogP contribution in [0.1, 0.15) is 11.1 Å². The van der Waals surface area contributed by atoms with Gasteiger partial charge in [0.05, 0.1) is 6.20 Å². The average Bonchev–Trinajstić information content (AvgIpc) is 3.14. The largest absolute Gasteiger partial charge is 0.298 e. The molecule has 2 aromatic rings. The highest BCUT2D eigenvalue weighted by atomic mass is 19.1. The Morgan fingerprint density at radius 2 is 1.70 bits per heavy atom. The second-order valence-corrected chi connectivity index (χ2v) is 7.06. The van der Waals surface area contributed by atoms with Gasteiger partial charge in [-0.15, -0.1) is 0 Å². The summed E-state index contributed by atoms with van der Waals surface area (Å²) in [5.74, 6) is 1.37. The number of hydrogen-bond acceptors (Lipinski definition) is 3. The molecule has 1 aromatic heterocycles. The Balaban J connectivity index is 1.31. The molecule has 2 aliphatic heterocycles. The van der Waals surface area contributed by atoms with Gasteiger partial charge in [-0.05, 0) is 29.5 Å². The summed E-state index contributed by atoms with van der Waals surface area (Å²) in [5.41, 5.74) is 2.38. The summed E-state index contributed by atoms with van der Waals surface area (Å²) in [4.78, 5) is 5.03. The van der Waals surface area contributed by atoms with Crippen molar-refractivity contribution in [3.05, 3.63) is 53.6 Å². The summed E-state index contributed by atoms with van der Waals surface area (Å²) in [7, 11) is 1.96. The molecule has 2 aliphatic rings. The zero-order chi connectivity index (χ0) is 15.8. The third-order valence-electron chi connectivity index (χ3n) is 5.10. The lowest BCUT2D eigenvalue weighted by molar-refractivity contribution is 0.246. The SMILES string of the molecule is Cn1cc(CN2C[C@H]3CN(Cc4cccc(F)c4)C[C@H]3C2)cn1. The maximum Gasteiger partial charge on any atom is 0.123 e. The molecule has 0 spiro atoms. The third kappa shape index (κ3) is 3.31. The number of likely N-dealkylation sites (tertiary alicyclic amines) is 2. The van der Waals surface area contributed by atoms with Crippen molar-refractivity contribution in [2.75, 3.05) is 26.2 Å². The molecule has 0 bridgehead atoms. The molecule has 0 amide bonds. The van der Waals surface area contributed by atoms with Gasteiger partial charge in [0, 0.05) is 58.1 Å². The Bertz CT molecular complexity index is 669. The normalized spacial score (nSPS) is 25.1. The predicted molar refractivity (Wildman–Crippen MR) is 87.1 cm³/mol. The lowest BCUT2D eigenvalue weighted by Crippen LogP contribution is -2.28. The van der Waals surface area contributed by atoms with Crippen LogP contribution in [0.2, 0.25) is 0 Å². The molecule has 2 saturated heterocycles. The number of aromatic nitrogens is 2. The van der Waals surface area contributed by atoms with E-state index in [4.69, 9.17) is 0 Å². The molecule has 122 valence electrons. The Labute approximate surface area is 136 Å². The molecule has 0 N–H and O–H groups in total. The molecule has 4 rings (SSSR count). The van der Waals surface area contributed by atoms with Crippen molar-refractivity contribution in [3.63, 3.8) is 0 Å². The molecule has 0 unspecified atom stereocenters. The minimum atomic E-state index is -0.135. The average molecular weight is 314 g/mol. The summed E-state index contributed by atoms with van der Waals surface area (Å²) < 4.78 is 15.2. The Morgan fingerprint density at radius 3 is 2.26 bits per heavy atom. The first-order valence-corrected chi connectivity index (χ1v) is 8.32. The van der Waals surface area contributed by atoms with E-state index in [2.05, 4.69) is 21.1 Å². The van der Waals surface area contributed by atoms with E-state index in [1.807, 2.05) is 24.0 Å². The third-order valence-corrected chi connectivity index (χ3v) is 5.10. The number of aryl methyl sites for hydroxylation is 1. The number of benzene rings is 1. The second-order valence-electron chi connectivity index (χ2n) is 7.06. The molecule has 4 nitrogen and oxygen atoms in total. The first kappa shape index (κ1) is 14.8. The van der Waals surface area contributed by atoms with E-state index in [1.165, 1.54) is 24.7 Å². The Kier molecular flexibility index (Phi) is 3.91. The van der Waals surface area contributed by atoms with Crippen LogP contribution in [0.25, 0.3) is 0 Å². The fourth-order valence-electron chi connectivity index (χ4n) is 4.15. The predicted octanol–water partition coefficient (Wildman–Crippen LogP) is 2.12. The molecule has 0 saturated carbocycles. The van der Waals surface area contributed by atoms with Crippen LogP contribution < -0.4 is 0 Å². The van der Waals surface area contributed by atoms with E-state index in [-0.39, 0.29) is 5.82 Å². The van der Waals surface area contributed by atoms with E-state index in [0.29, 0.717) is 0 Å². The first-order valence-electron chi connectivity index (χ1n) is 8.32. The number of hydrogen-bond donors (Lipinski definition) is 0. The van der Waals surface area contributed by atoms with E-state index in [9.17, 15) is 4.39 Å². The zero-order valence-electron chi connectivity index (χ0n) is 13.5. The molecule has 5 heteroatoms. The first-order chi connectivity index (χ1) is 11.2. The summed E-state index contributed by atoms with van der Waals surface area (Å²) in [6, 6.07) is 6.99. The van der Waals surface area contributed by atoms with Crippen LogP contribution in [-0.4, -0.2) is 45.8 Å². The molecule has 2 atom stereocenters. The van der Waals surface area contributed by atoms with Crippen molar-refractivity contribution < 1.29 is 4.39 Å². The van der Waals surface area contributed by atoms with E-state index in [1.54, 1.807) is 12.1 Å². The van der Waals surface area contributed by atoms with Crippen molar-refractivity contribution in [1.82, 2.24) is 19.6 Å². The number of nitrogens with zero attached hydrogens (tertiary/aromatic N) is 4. The van der Waals surface area contributed by atoms with Crippen molar-refractivity contribution in [2.45, 2.75) is 13.1 Å². The number of rotatable bonds is 4. The van der Waals surface area contributed by atoms with Crippen LogP contribution in [0.4, 0.5) is 4.39 Å². The molecular weight excluding hydrogens is 291 g/mol. The highest BCUT2D eigenvalue weighted by Gasteiger charge is 2.39. The van der Waals surface area contributed by atoms with Crippen molar-refractivity contribution in [1.29, 1.82) is 0 Å². The number of halogens is 1. The van der Waals surface area contributed by atoms with E-state index in [0.717, 1.165) is 43.6 Å². The highest BCUT2D eigenvalue weighted by molar-refractivity contribution is 5.16. The van der Waals surface area contributed by atoms with E-state index < -0.39 is 0 Å². The fourth-order valence-corrected chi connectivity index (χ4v) is 4.15. The van der Waals surface area contributed by atoms with Crippen LogP contribution in [0.3, 0.4) is 0 Å². The quantitative estimate of drug-likeness (QED) is 0.864. The Hall–Kier alpha value is -1.72. The van der Waals surface area contributed by atoms with Crippen LogP contribution in [0.5, 0.6) is 0 Å². The van der Waals surface area contributed by atoms with Crippen LogP contribution >= 0.6 is 0 Å². The minimum absolute atomic E-state index is 0.135. The summed E-state index contributed by atoms with van der Waals surface area (Å²) in [6.07, 6.45) is 4.06. The zero-order valence-corrected chi connectivity index (χ0v) is 13.5. The van der Waals surface area contributed by atoms with Crippen molar-refractivity contribution in [3.8, 4) is 0 Å². The van der Waals surface area contributed by atoms with Gasteiger partial charge in [0.1, 0.15) is 5.82 Å². The molecule has 3 heterocycles. The molecule has 0 radical (unpaired) electrons. The minimum Gasteiger partial charge on any atom is -0.298 e. The van der Waals surface area contributed by atoms with E-state index >= 15 is 0 Å². The summed E-state index contributed by atoms with van der Waals surface area (Å²) >= 11 is 0. The lowest BCUT2D eigenvalue weighted by Gasteiger charge is -2.21. The molecule has 2 fully saturated rings. The molecular formula is C18H23FN4. The lowest BCUT2D eigenvalue weighted by atomic mass is 10.0. The van der Waals surface area contributed by atoms with Gasteiger partial charge in [-0.25, -0.2) is 4.39 Å². The maximum absolute atomic E-state index is 13.3. The summed E-state index contributed by atoms with van der Waals surface area (Å²) in [6.45, 7) is 6.46. The van der Waals surface area contributed by atoms with Gasteiger partial charge >= 0.3 is 0 Å². The van der Waals surface area contributed by atoms with Crippen LogP contribution in [0, 0.1) is 17.7 Å². The monoisotopic (exact) mass is 314 g/mol. The van der Waals surface area contributed by atoms with Gasteiger partial charge < -0.3 is 0 Å². The van der Waals surface area contributed by atoms with Crippen molar-refractivity contribution in [2.24, 2.45) is 18.9 Å². The van der Waals surface area contributed by atoms with Gasteiger partial charge in [0.2, 0.25) is 0 Å².